The van der Waals surface area contributed by atoms with Gasteiger partial charge in [0, 0.05) is 6.54 Å². The number of imidazole rings is 1. The van der Waals surface area contributed by atoms with Gasteiger partial charge in [-0.05, 0) is 67.1 Å². The van der Waals surface area contributed by atoms with Crippen molar-refractivity contribution < 1.29 is 9.47 Å². The topological polar surface area (TPSA) is 36.3 Å². The Morgan fingerprint density at radius 3 is 2.45 bits per heavy atom. The van der Waals surface area contributed by atoms with Crippen molar-refractivity contribution in [2.75, 3.05) is 6.61 Å². The number of rotatable bonds is 10. The third-order valence-electron chi connectivity index (χ3n) is 5.94. The maximum absolute atomic E-state index is 6.34. The fourth-order valence-electron chi connectivity index (χ4n) is 4.21. The van der Waals surface area contributed by atoms with Crippen LogP contribution in [-0.2, 0) is 6.54 Å². The molecule has 4 nitrogen and oxygen atoms in total. The first-order valence-electron chi connectivity index (χ1n) is 12.0. The summed E-state index contributed by atoms with van der Waals surface area (Å²) in [5, 5.41) is 0. The monoisotopic (exact) mass is 442 g/mol. The zero-order chi connectivity index (χ0) is 23.2. The minimum atomic E-state index is -0.106. The normalized spacial score (nSPS) is 12.3. The summed E-state index contributed by atoms with van der Waals surface area (Å²) >= 11 is 0. The van der Waals surface area contributed by atoms with Crippen molar-refractivity contribution in [3.05, 3.63) is 89.7 Å². The van der Waals surface area contributed by atoms with E-state index in [4.69, 9.17) is 14.5 Å². The van der Waals surface area contributed by atoms with Gasteiger partial charge in [-0.25, -0.2) is 4.98 Å². The molecule has 3 aromatic carbocycles. The maximum atomic E-state index is 6.34. The van der Waals surface area contributed by atoms with Gasteiger partial charge in [-0.2, -0.15) is 0 Å². The molecule has 4 aromatic rings. The lowest BCUT2D eigenvalue weighted by Gasteiger charge is -2.19. The average molecular weight is 443 g/mol. The number of ether oxygens (including phenoxy) is 2. The smallest absolute Gasteiger partial charge is 0.156 e. The summed E-state index contributed by atoms with van der Waals surface area (Å²) in [7, 11) is 0. The van der Waals surface area contributed by atoms with Crippen LogP contribution in [0.5, 0.6) is 11.5 Å². The van der Waals surface area contributed by atoms with Gasteiger partial charge in [-0.15, -0.1) is 0 Å². The van der Waals surface area contributed by atoms with Crippen LogP contribution < -0.4 is 9.47 Å². The van der Waals surface area contributed by atoms with Gasteiger partial charge in [-0.3, -0.25) is 0 Å². The van der Waals surface area contributed by atoms with Crippen LogP contribution in [0.15, 0.2) is 72.8 Å². The van der Waals surface area contributed by atoms with Crippen molar-refractivity contribution in [3.63, 3.8) is 0 Å². The van der Waals surface area contributed by atoms with E-state index in [-0.39, 0.29) is 6.10 Å². The second-order valence-corrected chi connectivity index (χ2v) is 8.84. The highest BCUT2D eigenvalue weighted by Gasteiger charge is 2.20. The summed E-state index contributed by atoms with van der Waals surface area (Å²) in [5.41, 5.74) is 4.63. The van der Waals surface area contributed by atoms with E-state index in [1.807, 2.05) is 36.4 Å². The Morgan fingerprint density at radius 2 is 1.70 bits per heavy atom. The van der Waals surface area contributed by atoms with Gasteiger partial charge in [0.05, 0.1) is 17.6 Å². The summed E-state index contributed by atoms with van der Waals surface area (Å²) in [6.07, 6.45) is 1.63. The van der Waals surface area contributed by atoms with Crippen LogP contribution in [-0.4, -0.2) is 16.2 Å². The van der Waals surface area contributed by atoms with E-state index in [1.165, 1.54) is 11.1 Å². The number of hydrogen-bond donors (Lipinski definition) is 0. The van der Waals surface area contributed by atoms with Crippen molar-refractivity contribution in [1.29, 1.82) is 0 Å². The molecular weight excluding hydrogens is 408 g/mol. The minimum Gasteiger partial charge on any atom is -0.493 e. The molecule has 0 spiro atoms. The van der Waals surface area contributed by atoms with E-state index < -0.39 is 0 Å². The lowest BCUT2D eigenvalue weighted by Crippen LogP contribution is -2.15. The predicted octanol–water partition coefficient (Wildman–Crippen LogP) is 7.47. The molecule has 4 heteroatoms. The molecule has 4 rings (SSSR count). The van der Waals surface area contributed by atoms with Gasteiger partial charge < -0.3 is 14.0 Å². The summed E-state index contributed by atoms with van der Waals surface area (Å²) < 4.78 is 14.9. The summed E-state index contributed by atoms with van der Waals surface area (Å²) in [4.78, 5) is 4.96. The molecule has 0 fully saturated rings. The molecule has 0 saturated carbocycles. The van der Waals surface area contributed by atoms with Crippen LogP contribution in [0, 0.1) is 6.92 Å². The first-order chi connectivity index (χ1) is 16.1. The van der Waals surface area contributed by atoms with Crippen LogP contribution in [0.2, 0.25) is 0 Å². The third kappa shape index (κ3) is 5.39. The number of aryl methyl sites for hydroxylation is 2. The van der Waals surface area contributed by atoms with E-state index in [2.05, 4.69) is 68.7 Å². The van der Waals surface area contributed by atoms with E-state index in [1.54, 1.807) is 0 Å². The van der Waals surface area contributed by atoms with Gasteiger partial charge in [0.2, 0.25) is 0 Å². The standard InChI is InChI=1S/C29H34N2O2/c1-5-27(33-23-12-7-6-8-13-23)29-30-25-14-9-10-15-26(25)31(29)18-11-19-32-28-20-22(4)16-17-24(28)21(2)3/h6-10,12-17,20-21,27H,5,11,18-19H2,1-4H3. The number of nitrogens with zero attached hydrogens (tertiary/aromatic N) is 2. The molecule has 0 N–H and O–H groups in total. The molecule has 0 amide bonds. The molecular formula is C29H34N2O2. The maximum Gasteiger partial charge on any atom is 0.156 e. The van der Waals surface area contributed by atoms with E-state index in [0.717, 1.165) is 47.7 Å². The predicted molar refractivity (Wildman–Crippen MR) is 135 cm³/mol. The number of benzene rings is 3. The lowest BCUT2D eigenvalue weighted by atomic mass is 10.0. The van der Waals surface area contributed by atoms with Gasteiger partial charge in [0.1, 0.15) is 11.5 Å². The Bertz CT molecular complexity index is 1180. The molecule has 1 aromatic heterocycles. The highest BCUT2D eigenvalue weighted by molar-refractivity contribution is 5.76. The third-order valence-corrected chi connectivity index (χ3v) is 5.94. The Labute approximate surface area is 197 Å². The van der Waals surface area contributed by atoms with Crippen LogP contribution >= 0.6 is 0 Å². The molecule has 0 radical (unpaired) electrons. The second kappa shape index (κ2) is 10.6. The number of hydrogen-bond acceptors (Lipinski definition) is 3. The summed E-state index contributed by atoms with van der Waals surface area (Å²) in [5.74, 6) is 3.28. The van der Waals surface area contributed by atoms with Crippen molar-refractivity contribution in [3.8, 4) is 11.5 Å². The fourth-order valence-corrected chi connectivity index (χ4v) is 4.21. The molecule has 0 aliphatic carbocycles. The SMILES string of the molecule is CCC(Oc1ccccc1)c1nc2ccccc2n1CCCOc1cc(C)ccc1C(C)C. The number of para-hydroxylation sites is 3. The van der Waals surface area contributed by atoms with E-state index in [9.17, 15) is 0 Å². The highest BCUT2D eigenvalue weighted by Crippen LogP contribution is 2.29. The second-order valence-electron chi connectivity index (χ2n) is 8.84. The van der Waals surface area contributed by atoms with Crippen LogP contribution in [0.3, 0.4) is 0 Å². The van der Waals surface area contributed by atoms with E-state index in [0.29, 0.717) is 12.5 Å². The molecule has 172 valence electrons. The van der Waals surface area contributed by atoms with Crippen molar-refractivity contribution in [1.82, 2.24) is 9.55 Å². The largest absolute Gasteiger partial charge is 0.493 e. The van der Waals surface area contributed by atoms with Crippen molar-refractivity contribution in [2.24, 2.45) is 0 Å². The van der Waals surface area contributed by atoms with Crippen molar-refractivity contribution >= 4 is 11.0 Å². The zero-order valence-corrected chi connectivity index (χ0v) is 20.1. The van der Waals surface area contributed by atoms with Crippen molar-refractivity contribution in [2.45, 2.75) is 59.1 Å². The molecule has 0 saturated heterocycles. The molecule has 1 atom stereocenters. The first-order valence-corrected chi connectivity index (χ1v) is 12.0. The van der Waals surface area contributed by atoms with Gasteiger partial charge in [-0.1, -0.05) is 63.2 Å². The quantitative estimate of drug-likeness (QED) is 0.239. The average Bonchev–Trinajstić information content (AvgIpc) is 3.19. The van der Waals surface area contributed by atoms with Gasteiger partial charge in [0.15, 0.2) is 11.9 Å². The summed E-state index contributed by atoms with van der Waals surface area (Å²) in [6, 6.07) is 24.8. The summed E-state index contributed by atoms with van der Waals surface area (Å²) in [6.45, 7) is 10.2. The van der Waals surface area contributed by atoms with E-state index >= 15 is 0 Å². The zero-order valence-electron chi connectivity index (χ0n) is 20.1. The van der Waals surface area contributed by atoms with Gasteiger partial charge in [0.25, 0.3) is 0 Å². The lowest BCUT2D eigenvalue weighted by molar-refractivity contribution is 0.185. The van der Waals surface area contributed by atoms with Gasteiger partial charge >= 0.3 is 0 Å². The molecule has 0 bridgehead atoms. The number of aromatic nitrogens is 2. The highest BCUT2D eigenvalue weighted by atomic mass is 16.5. The fraction of sp³-hybridized carbons (Fsp3) is 0.345. The van der Waals surface area contributed by atoms with Crippen LogP contribution in [0.4, 0.5) is 0 Å². The molecule has 0 aliphatic rings. The Morgan fingerprint density at radius 1 is 0.939 bits per heavy atom. The first kappa shape index (κ1) is 22.9. The van der Waals surface area contributed by atoms with Crippen LogP contribution in [0.25, 0.3) is 11.0 Å². The minimum absolute atomic E-state index is 0.106. The molecule has 0 aliphatic heterocycles. The molecule has 1 heterocycles. The molecule has 33 heavy (non-hydrogen) atoms. The molecule has 1 unspecified atom stereocenters. The Hall–Kier alpha value is -3.27. The Kier molecular flexibility index (Phi) is 7.33. The van der Waals surface area contributed by atoms with Crippen LogP contribution in [0.1, 0.15) is 62.6 Å². The Balaban J connectivity index is 1.52. The number of fused-ring (bicyclic) bond motifs is 1.